The molecule has 5 heteroatoms. The summed E-state index contributed by atoms with van der Waals surface area (Å²) in [6, 6.07) is 3.65. The molecule has 3 nitrogen and oxygen atoms in total. The largest absolute Gasteiger partial charge is 0.388 e. The van der Waals surface area contributed by atoms with E-state index < -0.39 is 5.60 Å². The molecule has 2 atom stereocenters. The van der Waals surface area contributed by atoms with Gasteiger partial charge in [-0.15, -0.1) is 11.3 Å². The lowest BCUT2D eigenvalue weighted by atomic mass is 9.92. The molecule has 0 spiro atoms. The van der Waals surface area contributed by atoms with Crippen molar-refractivity contribution in [1.82, 2.24) is 5.32 Å². The van der Waals surface area contributed by atoms with Crippen molar-refractivity contribution >= 4 is 28.8 Å². The number of hydrogen-bond acceptors (Lipinski definition) is 3. The summed E-state index contributed by atoms with van der Waals surface area (Å²) in [7, 11) is 0. The van der Waals surface area contributed by atoms with Gasteiger partial charge in [0.1, 0.15) is 0 Å². The van der Waals surface area contributed by atoms with Gasteiger partial charge in [0.05, 0.1) is 15.9 Å². The number of amides is 1. The molecule has 0 fully saturated rings. The maximum absolute atomic E-state index is 12.0. The number of nitrogens with one attached hydrogen (secondary N) is 1. The Morgan fingerprint density at radius 2 is 2.11 bits per heavy atom. The molecule has 1 aromatic heterocycles. The van der Waals surface area contributed by atoms with Crippen molar-refractivity contribution in [2.75, 3.05) is 6.54 Å². The Bertz CT molecular complexity index is 415. The molecule has 1 rings (SSSR count). The van der Waals surface area contributed by atoms with Crippen molar-refractivity contribution < 1.29 is 9.90 Å². The number of carbonyl (C=O) groups is 1. The molecule has 0 aromatic carbocycles. The van der Waals surface area contributed by atoms with Crippen LogP contribution in [0.1, 0.15) is 38.5 Å². The number of hydrogen-bond donors (Lipinski definition) is 2. The lowest BCUT2D eigenvalue weighted by Gasteiger charge is -2.28. The van der Waals surface area contributed by atoms with Crippen LogP contribution in [0, 0.1) is 5.92 Å². The van der Waals surface area contributed by atoms with Gasteiger partial charge in [-0.3, -0.25) is 4.79 Å². The minimum atomic E-state index is -0.886. The normalized spacial score (nSPS) is 16.4. The molecule has 2 N–H and O–H groups in total. The topological polar surface area (TPSA) is 49.3 Å². The lowest BCUT2D eigenvalue weighted by Crippen LogP contribution is -2.45. The van der Waals surface area contributed by atoms with Crippen LogP contribution in [-0.4, -0.2) is 23.2 Å². The van der Waals surface area contributed by atoms with E-state index in [1.807, 2.05) is 26.8 Å². The molecule has 1 aromatic rings. The van der Waals surface area contributed by atoms with E-state index in [4.69, 9.17) is 11.6 Å². The van der Waals surface area contributed by atoms with Crippen molar-refractivity contribution in [2.24, 2.45) is 5.92 Å². The fourth-order valence-corrected chi connectivity index (χ4v) is 2.42. The van der Waals surface area contributed by atoms with Crippen LogP contribution in [0.15, 0.2) is 12.1 Å². The molecule has 0 aliphatic rings. The predicted octanol–water partition coefficient (Wildman–Crippen LogP) is 3.03. The van der Waals surface area contributed by atoms with Crippen LogP contribution in [0.3, 0.4) is 0 Å². The predicted molar refractivity (Wildman–Crippen MR) is 76.2 cm³/mol. The summed E-state index contributed by atoms with van der Waals surface area (Å²) in [6.07, 6.45) is 0. The van der Waals surface area contributed by atoms with E-state index in [0.29, 0.717) is 4.34 Å². The van der Waals surface area contributed by atoms with E-state index in [1.165, 1.54) is 11.3 Å². The summed E-state index contributed by atoms with van der Waals surface area (Å²) in [4.78, 5) is 12.9. The molecule has 102 valence electrons. The molecule has 0 radical (unpaired) electrons. The van der Waals surface area contributed by atoms with Gasteiger partial charge in [0.25, 0.3) is 0 Å². The second-order valence-corrected chi connectivity index (χ2v) is 6.84. The molecule has 1 heterocycles. The van der Waals surface area contributed by atoms with Gasteiger partial charge < -0.3 is 10.4 Å². The smallest absolute Gasteiger partial charge is 0.228 e. The molecule has 1 amide bonds. The SMILES string of the molecule is CC(C(=O)NCC(C)(O)C(C)C)c1ccc(Cl)s1. The molecule has 2 unspecified atom stereocenters. The molecule has 18 heavy (non-hydrogen) atoms. The highest BCUT2D eigenvalue weighted by Crippen LogP contribution is 2.28. The van der Waals surface area contributed by atoms with Gasteiger partial charge >= 0.3 is 0 Å². The van der Waals surface area contributed by atoms with Crippen molar-refractivity contribution in [3.05, 3.63) is 21.3 Å². The molecular weight excluding hydrogens is 270 g/mol. The maximum Gasteiger partial charge on any atom is 0.228 e. The molecular formula is C13H20ClNO2S. The zero-order chi connectivity index (χ0) is 13.9. The van der Waals surface area contributed by atoms with Crippen LogP contribution < -0.4 is 5.32 Å². The molecule has 0 saturated carbocycles. The third-order valence-electron chi connectivity index (χ3n) is 3.28. The molecule has 0 bridgehead atoms. The highest BCUT2D eigenvalue weighted by molar-refractivity contribution is 7.16. The van der Waals surface area contributed by atoms with Crippen LogP contribution in [0.2, 0.25) is 4.34 Å². The van der Waals surface area contributed by atoms with Crippen molar-refractivity contribution in [3.8, 4) is 0 Å². The highest BCUT2D eigenvalue weighted by Gasteiger charge is 2.26. The van der Waals surface area contributed by atoms with Crippen molar-refractivity contribution in [2.45, 2.75) is 39.2 Å². The summed E-state index contributed by atoms with van der Waals surface area (Å²) in [6.45, 7) is 7.67. The van der Waals surface area contributed by atoms with E-state index >= 15 is 0 Å². The van der Waals surface area contributed by atoms with E-state index in [9.17, 15) is 9.90 Å². The lowest BCUT2D eigenvalue weighted by molar-refractivity contribution is -0.123. The first-order valence-electron chi connectivity index (χ1n) is 5.99. The van der Waals surface area contributed by atoms with Gasteiger partial charge in [-0.1, -0.05) is 25.4 Å². The van der Waals surface area contributed by atoms with Gasteiger partial charge in [0.15, 0.2) is 0 Å². The number of aliphatic hydroxyl groups is 1. The summed E-state index contributed by atoms with van der Waals surface area (Å²) in [5.41, 5.74) is -0.886. The standard InChI is InChI=1S/C13H20ClNO2S/c1-8(2)13(4,17)7-15-12(16)9(3)10-5-6-11(14)18-10/h5-6,8-9,17H,7H2,1-4H3,(H,15,16). The highest BCUT2D eigenvalue weighted by atomic mass is 35.5. The van der Waals surface area contributed by atoms with E-state index in [-0.39, 0.29) is 24.3 Å². The van der Waals surface area contributed by atoms with Gasteiger partial charge in [-0.2, -0.15) is 0 Å². The van der Waals surface area contributed by atoms with Gasteiger partial charge in [0, 0.05) is 11.4 Å². The number of halogens is 1. The second kappa shape index (κ2) is 6.04. The minimum absolute atomic E-state index is 0.0873. The zero-order valence-electron chi connectivity index (χ0n) is 11.2. The van der Waals surface area contributed by atoms with Crippen molar-refractivity contribution in [1.29, 1.82) is 0 Å². The summed E-state index contributed by atoms with van der Waals surface area (Å²) < 4.78 is 0.679. The number of thiophene rings is 1. The zero-order valence-corrected chi connectivity index (χ0v) is 12.7. The number of rotatable bonds is 5. The van der Waals surface area contributed by atoms with Gasteiger partial charge in [-0.05, 0) is 31.9 Å². The Morgan fingerprint density at radius 1 is 1.50 bits per heavy atom. The maximum atomic E-state index is 12.0. The van der Waals surface area contributed by atoms with Crippen LogP contribution >= 0.6 is 22.9 Å². The Morgan fingerprint density at radius 3 is 2.56 bits per heavy atom. The van der Waals surface area contributed by atoms with Crippen molar-refractivity contribution in [3.63, 3.8) is 0 Å². The average molecular weight is 290 g/mol. The second-order valence-electron chi connectivity index (χ2n) is 5.09. The van der Waals surface area contributed by atoms with Crippen LogP contribution in [-0.2, 0) is 4.79 Å². The Balaban J connectivity index is 2.56. The van der Waals surface area contributed by atoms with E-state index in [2.05, 4.69) is 5.32 Å². The van der Waals surface area contributed by atoms with Crippen LogP contribution in [0.25, 0.3) is 0 Å². The quantitative estimate of drug-likeness (QED) is 0.875. The number of carbonyl (C=O) groups excluding carboxylic acids is 1. The fraction of sp³-hybridized carbons (Fsp3) is 0.615. The first-order chi connectivity index (χ1) is 8.24. The van der Waals surface area contributed by atoms with E-state index in [0.717, 1.165) is 4.88 Å². The van der Waals surface area contributed by atoms with Gasteiger partial charge in [-0.25, -0.2) is 0 Å². The Labute approximate surface area is 117 Å². The average Bonchev–Trinajstić information content (AvgIpc) is 2.71. The van der Waals surface area contributed by atoms with E-state index in [1.54, 1.807) is 13.0 Å². The van der Waals surface area contributed by atoms with Crippen LogP contribution in [0.5, 0.6) is 0 Å². The monoisotopic (exact) mass is 289 g/mol. The summed E-state index contributed by atoms with van der Waals surface area (Å²) in [5.74, 6) is -0.246. The summed E-state index contributed by atoms with van der Waals surface area (Å²) in [5, 5.41) is 12.9. The summed E-state index contributed by atoms with van der Waals surface area (Å²) >= 11 is 7.25. The first-order valence-corrected chi connectivity index (χ1v) is 7.19. The third kappa shape index (κ3) is 3.97. The molecule has 0 aliphatic carbocycles. The first kappa shape index (κ1) is 15.5. The fourth-order valence-electron chi connectivity index (χ4n) is 1.31. The molecule has 0 saturated heterocycles. The third-order valence-corrected chi connectivity index (χ3v) is 4.69. The van der Waals surface area contributed by atoms with Gasteiger partial charge in [0.2, 0.25) is 5.91 Å². The minimum Gasteiger partial charge on any atom is -0.388 e. The van der Waals surface area contributed by atoms with Crippen LogP contribution in [0.4, 0.5) is 0 Å². The Hall–Kier alpha value is -0.580. The molecule has 0 aliphatic heterocycles. The Kier molecular flexibility index (Phi) is 5.20.